The predicted octanol–water partition coefficient (Wildman–Crippen LogP) is 5.29. The molecule has 4 heteroatoms. The number of rotatable bonds is 2. The smallest absolute Gasteiger partial charge is 0.169 e. The Bertz CT molecular complexity index is 1180. The summed E-state index contributed by atoms with van der Waals surface area (Å²) in [5.74, 6) is 1.09. The molecule has 4 aromatic rings. The molecule has 130 valence electrons. The first-order valence-electron chi connectivity index (χ1n) is 9.24. The molecule has 0 atom stereocenters. The van der Waals surface area contributed by atoms with Gasteiger partial charge in [-0.15, -0.1) is 0 Å². The molecule has 0 saturated carbocycles. The lowest BCUT2D eigenvalue weighted by molar-refractivity contribution is 0.726. The summed E-state index contributed by atoms with van der Waals surface area (Å²) in [6, 6.07) is 19.6. The molecule has 0 N–H and O–H groups in total. The Morgan fingerprint density at radius 1 is 0.852 bits per heavy atom. The Hall–Kier alpha value is -2.85. The topological polar surface area (TPSA) is 30.7 Å². The number of fused-ring (bicyclic) bond motifs is 4. The van der Waals surface area contributed by atoms with E-state index in [0.29, 0.717) is 0 Å². The third-order valence-electron chi connectivity index (χ3n) is 5.51. The van der Waals surface area contributed by atoms with E-state index in [-0.39, 0.29) is 0 Å². The highest BCUT2D eigenvalue weighted by molar-refractivity contribution is 7.99. The van der Waals surface area contributed by atoms with Gasteiger partial charge in [0.2, 0.25) is 0 Å². The van der Waals surface area contributed by atoms with E-state index in [9.17, 15) is 0 Å². The van der Waals surface area contributed by atoms with Crippen LogP contribution in [0.1, 0.15) is 11.1 Å². The summed E-state index contributed by atoms with van der Waals surface area (Å²) >= 11 is 1.85. The van der Waals surface area contributed by atoms with Crippen LogP contribution in [-0.4, -0.2) is 20.3 Å². The molecule has 6 rings (SSSR count). The summed E-state index contributed by atoms with van der Waals surface area (Å²) in [4.78, 5) is 9.30. The Kier molecular flexibility index (Phi) is 3.29. The zero-order chi connectivity index (χ0) is 17.8. The van der Waals surface area contributed by atoms with E-state index < -0.39 is 0 Å². The molecule has 1 aliphatic carbocycles. The van der Waals surface area contributed by atoms with Crippen LogP contribution < -0.4 is 0 Å². The molecule has 0 fully saturated rings. The molecule has 2 aliphatic rings. The van der Waals surface area contributed by atoms with Gasteiger partial charge in [0.15, 0.2) is 5.16 Å². The summed E-state index contributed by atoms with van der Waals surface area (Å²) in [6.07, 6.45) is 4.74. The highest BCUT2D eigenvalue weighted by Crippen LogP contribution is 2.46. The molecule has 0 unspecified atom stereocenters. The van der Waals surface area contributed by atoms with Gasteiger partial charge in [-0.05, 0) is 40.8 Å². The lowest BCUT2D eigenvalue weighted by Gasteiger charge is -2.12. The molecular formula is C23H17N3S. The second-order valence-corrected chi connectivity index (χ2v) is 8.06. The summed E-state index contributed by atoms with van der Waals surface area (Å²) in [6.45, 7) is 1.01. The van der Waals surface area contributed by atoms with Crippen molar-refractivity contribution in [2.45, 2.75) is 18.1 Å². The van der Waals surface area contributed by atoms with E-state index in [0.717, 1.165) is 29.6 Å². The molecule has 0 radical (unpaired) electrons. The number of pyridine rings is 1. The summed E-state index contributed by atoms with van der Waals surface area (Å²) < 4.78 is 2.37. The van der Waals surface area contributed by atoms with Crippen molar-refractivity contribution in [2.24, 2.45) is 0 Å². The van der Waals surface area contributed by atoms with Crippen molar-refractivity contribution in [2.75, 3.05) is 5.75 Å². The van der Waals surface area contributed by atoms with Gasteiger partial charge in [-0.1, -0.05) is 54.2 Å². The molecule has 2 aromatic carbocycles. The van der Waals surface area contributed by atoms with Crippen LogP contribution in [0.3, 0.4) is 0 Å². The second kappa shape index (κ2) is 5.83. The van der Waals surface area contributed by atoms with E-state index in [1.54, 1.807) is 0 Å². The van der Waals surface area contributed by atoms with Crippen molar-refractivity contribution in [1.29, 1.82) is 0 Å². The zero-order valence-corrected chi connectivity index (χ0v) is 15.5. The van der Waals surface area contributed by atoms with Crippen LogP contribution in [0, 0.1) is 0 Å². The van der Waals surface area contributed by atoms with Crippen LogP contribution in [0.25, 0.3) is 33.6 Å². The lowest BCUT2D eigenvalue weighted by Crippen LogP contribution is -1.98. The second-order valence-electron chi connectivity index (χ2n) is 7.00. The van der Waals surface area contributed by atoms with Gasteiger partial charge in [-0.25, -0.2) is 4.98 Å². The number of hydrogen-bond donors (Lipinski definition) is 0. The molecule has 0 amide bonds. The largest absolute Gasteiger partial charge is 0.318 e. The first kappa shape index (κ1) is 15.2. The number of imidazole rings is 1. The molecule has 0 saturated heterocycles. The maximum Gasteiger partial charge on any atom is 0.169 e. The quantitative estimate of drug-likeness (QED) is 0.425. The molecule has 0 bridgehead atoms. The van der Waals surface area contributed by atoms with E-state index in [1.165, 1.54) is 39.1 Å². The van der Waals surface area contributed by atoms with Crippen LogP contribution in [0.15, 0.2) is 72.1 Å². The Balaban J connectivity index is 1.65. The molecule has 1 aliphatic heterocycles. The summed E-state index contributed by atoms with van der Waals surface area (Å²) in [5.41, 5.74) is 10.3. The monoisotopic (exact) mass is 367 g/mol. The third kappa shape index (κ3) is 2.23. The van der Waals surface area contributed by atoms with E-state index >= 15 is 0 Å². The third-order valence-corrected chi connectivity index (χ3v) is 6.46. The minimum Gasteiger partial charge on any atom is -0.318 e. The number of nitrogens with zero attached hydrogens (tertiary/aromatic N) is 3. The SMILES string of the molecule is c1ccc2c(c1)Cc1cccc(-c3nc4n(c3-c3ccncc3)CCS4)c1-2. The van der Waals surface area contributed by atoms with Gasteiger partial charge in [0, 0.05) is 35.8 Å². The first-order valence-corrected chi connectivity index (χ1v) is 10.2. The maximum absolute atomic E-state index is 5.09. The fraction of sp³-hybridized carbons (Fsp3) is 0.130. The van der Waals surface area contributed by atoms with Crippen LogP contribution in [0.5, 0.6) is 0 Å². The Morgan fingerprint density at radius 2 is 1.67 bits per heavy atom. The van der Waals surface area contributed by atoms with Crippen LogP contribution >= 0.6 is 11.8 Å². The van der Waals surface area contributed by atoms with E-state index in [2.05, 4.69) is 64.1 Å². The number of aromatic nitrogens is 3. The summed E-state index contributed by atoms with van der Waals surface area (Å²) in [7, 11) is 0. The van der Waals surface area contributed by atoms with E-state index in [1.807, 2.05) is 24.2 Å². The van der Waals surface area contributed by atoms with Crippen molar-refractivity contribution in [1.82, 2.24) is 14.5 Å². The predicted molar refractivity (Wildman–Crippen MR) is 110 cm³/mol. The normalized spacial score (nSPS) is 14.1. The zero-order valence-electron chi connectivity index (χ0n) is 14.7. The molecular weight excluding hydrogens is 350 g/mol. The van der Waals surface area contributed by atoms with Gasteiger partial charge in [0.1, 0.15) is 0 Å². The van der Waals surface area contributed by atoms with Crippen LogP contribution in [-0.2, 0) is 13.0 Å². The van der Waals surface area contributed by atoms with Crippen LogP contribution in [0.4, 0.5) is 0 Å². The van der Waals surface area contributed by atoms with Crippen molar-refractivity contribution in [3.8, 4) is 33.6 Å². The average Bonchev–Trinajstić information content (AvgIpc) is 3.40. The van der Waals surface area contributed by atoms with Gasteiger partial charge >= 0.3 is 0 Å². The van der Waals surface area contributed by atoms with Crippen LogP contribution in [0.2, 0.25) is 0 Å². The van der Waals surface area contributed by atoms with Gasteiger partial charge in [0.25, 0.3) is 0 Å². The first-order chi connectivity index (χ1) is 13.4. The van der Waals surface area contributed by atoms with Gasteiger partial charge in [-0.3, -0.25) is 4.98 Å². The van der Waals surface area contributed by atoms with Crippen molar-refractivity contribution in [3.05, 3.63) is 78.1 Å². The van der Waals surface area contributed by atoms with Gasteiger partial charge < -0.3 is 4.57 Å². The molecule has 27 heavy (non-hydrogen) atoms. The molecule has 0 spiro atoms. The number of thioether (sulfide) groups is 1. The number of benzene rings is 2. The molecule has 2 aromatic heterocycles. The number of hydrogen-bond acceptors (Lipinski definition) is 3. The fourth-order valence-corrected chi connectivity index (χ4v) is 5.31. The minimum absolute atomic E-state index is 1.01. The van der Waals surface area contributed by atoms with Crippen molar-refractivity contribution >= 4 is 11.8 Å². The molecule has 3 nitrogen and oxygen atoms in total. The molecule has 3 heterocycles. The summed E-state index contributed by atoms with van der Waals surface area (Å²) in [5, 5.41) is 1.13. The van der Waals surface area contributed by atoms with Crippen molar-refractivity contribution in [3.63, 3.8) is 0 Å². The van der Waals surface area contributed by atoms with Crippen molar-refractivity contribution < 1.29 is 0 Å². The standard InChI is InChI=1S/C23H17N3S/c1-2-6-18-16(4-1)14-17-5-3-7-19(20(17)18)21-22(15-8-10-24-11-9-15)26-12-13-27-23(26)25-21/h1-11H,12-14H2. The Morgan fingerprint density at radius 3 is 2.59 bits per heavy atom. The minimum atomic E-state index is 1.01. The highest BCUT2D eigenvalue weighted by atomic mass is 32.2. The Labute approximate surface area is 162 Å². The van der Waals surface area contributed by atoms with Gasteiger partial charge in [-0.2, -0.15) is 0 Å². The fourth-order valence-electron chi connectivity index (χ4n) is 4.35. The lowest BCUT2D eigenvalue weighted by atomic mass is 9.95. The maximum atomic E-state index is 5.09. The average molecular weight is 367 g/mol. The van der Waals surface area contributed by atoms with Gasteiger partial charge in [0.05, 0.1) is 11.4 Å². The van der Waals surface area contributed by atoms with E-state index in [4.69, 9.17) is 4.98 Å². The highest BCUT2D eigenvalue weighted by Gasteiger charge is 2.28.